The number of carbonyl (C=O) groups is 1. The molecule has 0 saturated heterocycles. The highest BCUT2D eigenvalue weighted by Gasteiger charge is 2.10. The lowest BCUT2D eigenvalue weighted by Crippen LogP contribution is -2.20. The maximum absolute atomic E-state index is 12.1. The average Bonchev–Trinajstić information content (AvgIpc) is 2.72. The van der Waals surface area contributed by atoms with Crippen LogP contribution >= 0.6 is 11.8 Å². The van der Waals surface area contributed by atoms with Crippen LogP contribution in [-0.2, 0) is 10.5 Å². The monoisotopic (exact) mass is 380 g/mol. The first-order chi connectivity index (χ1) is 13.2. The zero-order valence-corrected chi connectivity index (χ0v) is 15.7. The summed E-state index contributed by atoms with van der Waals surface area (Å²) in [6.45, 7) is -0.111. The number of hydrogen-bond acceptors (Lipinski definition) is 5. The molecule has 1 heterocycles. The quantitative estimate of drug-likeness (QED) is 0.587. The molecule has 5 nitrogen and oxygen atoms in total. The lowest BCUT2D eigenvalue weighted by molar-refractivity contribution is -0.118. The molecule has 0 unspecified atom stereocenters. The fourth-order valence-corrected chi connectivity index (χ4v) is 3.17. The van der Waals surface area contributed by atoms with E-state index in [0.29, 0.717) is 17.3 Å². The van der Waals surface area contributed by atoms with E-state index in [1.807, 2.05) is 54.6 Å². The average molecular weight is 380 g/mol. The van der Waals surface area contributed by atoms with Gasteiger partial charge in [-0.25, -0.2) is 0 Å². The summed E-state index contributed by atoms with van der Waals surface area (Å²) < 4.78 is 11.0. The number of aromatic nitrogens is 1. The van der Waals surface area contributed by atoms with Crippen LogP contribution < -0.4 is 14.8 Å². The SMILES string of the molecule is COc1cnc(CSc2ccccc2)cc1OCC(=O)Nc1ccccc1. The Bertz CT molecular complexity index is 873. The van der Waals surface area contributed by atoms with Gasteiger partial charge in [-0.05, 0) is 24.3 Å². The Kier molecular flexibility index (Phi) is 6.71. The van der Waals surface area contributed by atoms with Gasteiger partial charge in [-0.2, -0.15) is 0 Å². The fraction of sp³-hybridized carbons (Fsp3) is 0.143. The number of rotatable bonds is 8. The first-order valence-electron chi connectivity index (χ1n) is 8.43. The van der Waals surface area contributed by atoms with Crippen molar-refractivity contribution < 1.29 is 14.3 Å². The largest absolute Gasteiger partial charge is 0.491 e. The summed E-state index contributed by atoms with van der Waals surface area (Å²) in [5.74, 6) is 1.45. The molecule has 0 aliphatic carbocycles. The van der Waals surface area contributed by atoms with E-state index in [4.69, 9.17) is 9.47 Å². The zero-order chi connectivity index (χ0) is 18.9. The number of thioether (sulfide) groups is 1. The zero-order valence-electron chi connectivity index (χ0n) is 14.9. The molecule has 1 aromatic heterocycles. The molecule has 0 atom stereocenters. The molecule has 0 spiro atoms. The lowest BCUT2D eigenvalue weighted by atomic mass is 10.3. The normalized spacial score (nSPS) is 10.3. The van der Waals surface area contributed by atoms with Crippen LogP contribution in [0.4, 0.5) is 5.69 Å². The number of benzene rings is 2. The number of nitrogens with zero attached hydrogens (tertiary/aromatic N) is 1. The van der Waals surface area contributed by atoms with Gasteiger partial charge in [0.1, 0.15) is 0 Å². The number of carbonyl (C=O) groups excluding carboxylic acids is 1. The second kappa shape index (κ2) is 9.64. The van der Waals surface area contributed by atoms with Gasteiger partial charge in [0.25, 0.3) is 5.91 Å². The number of amides is 1. The van der Waals surface area contributed by atoms with E-state index in [1.165, 1.54) is 4.90 Å². The van der Waals surface area contributed by atoms with Gasteiger partial charge in [-0.1, -0.05) is 36.4 Å². The van der Waals surface area contributed by atoms with Crippen LogP contribution in [0.25, 0.3) is 0 Å². The summed E-state index contributed by atoms with van der Waals surface area (Å²) in [5, 5.41) is 2.79. The van der Waals surface area contributed by atoms with Crippen LogP contribution in [0.15, 0.2) is 77.8 Å². The summed E-state index contributed by atoms with van der Waals surface area (Å²) in [6.07, 6.45) is 1.62. The van der Waals surface area contributed by atoms with E-state index in [-0.39, 0.29) is 12.5 Å². The molecule has 27 heavy (non-hydrogen) atoms. The Morgan fingerprint density at radius 2 is 1.74 bits per heavy atom. The lowest BCUT2D eigenvalue weighted by Gasteiger charge is -2.12. The number of pyridine rings is 1. The van der Waals surface area contributed by atoms with Crippen LogP contribution in [0.1, 0.15) is 5.69 Å². The number of para-hydroxylation sites is 1. The van der Waals surface area contributed by atoms with Crippen molar-refractivity contribution in [1.29, 1.82) is 0 Å². The Morgan fingerprint density at radius 1 is 1.04 bits per heavy atom. The Balaban J connectivity index is 1.60. The Morgan fingerprint density at radius 3 is 2.44 bits per heavy atom. The summed E-state index contributed by atoms with van der Waals surface area (Å²) in [6, 6.07) is 21.2. The Labute approximate surface area is 162 Å². The molecule has 2 aromatic carbocycles. The van der Waals surface area contributed by atoms with Crippen molar-refractivity contribution in [3.8, 4) is 11.5 Å². The predicted octanol–water partition coefficient (Wildman–Crippen LogP) is 4.40. The minimum Gasteiger partial charge on any atom is -0.491 e. The van der Waals surface area contributed by atoms with Gasteiger partial charge in [-0.15, -0.1) is 11.8 Å². The molecule has 0 radical (unpaired) electrons. The molecule has 1 N–H and O–H groups in total. The molecule has 0 aliphatic heterocycles. The summed E-state index contributed by atoms with van der Waals surface area (Å²) in [5.41, 5.74) is 1.58. The van der Waals surface area contributed by atoms with Gasteiger partial charge >= 0.3 is 0 Å². The number of hydrogen-bond donors (Lipinski definition) is 1. The topological polar surface area (TPSA) is 60.5 Å². The minimum absolute atomic E-state index is 0.111. The van der Waals surface area contributed by atoms with Gasteiger partial charge in [0, 0.05) is 22.4 Å². The van der Waals surface area contributed by atoms with Crippen LogP contribution in [0.2, 0.25) is 0 Å². The number of anilines is 1. The summed E-state index contributed by atoms with van der Waals surface area (Å²) in [4.78, 5) is 17.6. The molecule has 0 aliphatic rings. The molecule has 6 heteroatoms. The second-order valence-corrected chi connectivity index (χ2v) is 6.68. The Hall–Kier alpha value is -2.99. The number of methoxy groups -OCH3 is 1. The van der Waals surface area contributed by atoms with Crippen LogP contribution in [0, 0.1) is 0 Å². The number of ether oxygens (including phenoxy) is 2. The van der Waals surface area contributed by atoms with Gasteiger partial charge < -0.3 is 14.8 Å². The molecule has 0 saturated carbocycles. The molecular weight excluding hydrogens is 360 g/mol. The van der Waals surface area contributed by atoms with E-state index >= 15 is 0 Å². The highest BCUT2D eigenvalue weighted by molar-refractivity contribution is 7.98. The van der Waals surface area contributed by atoms with E-state index in [9.17, 15) is 4.79 Å². The maximum atomic E-state index is 12.1. The highest BCUT2D eigenvalue weighted by atomic mass is 32.2. The van der Waals surface area contributed by atoms with E-state index in [1.54, 1.807) is 25.1 Å². The number of nitrogens with one attached hydrogen (secondary N) is 1. The van der Waals surface area contributed by atoms with E-state index < -0.39 is 0 Å². The highest BCUT2D eigenvalue weighted by Crippen LogP contribution is 2.29. The third kappa shape index (κ3) is 5.76. The molecule has 3 aromatic rings. The summed E-state index contributed by atoms with van der Waals surface area (Å²) in [7, 11) is 1.55. The smallest absolute Gasteiger partial charge is 0.262 e. The van der Waals surface area contributed by atoms with Crippen molar-refractivity contribution in [2.24, 2.45) is 0 Å². The van der Waals surface area contributed by atoms with Crippen molar-refractivity contribution in [1.82, 2.24) is 4.98 Å². The molecule has 3 rings (SSSR count). The minimum atomic E-state index is -0.236. The van der Waals surface area contributed by atoms with Crippen LogP contribution in [0.3, 0.4) is 0 Å². The van der Waals surface area contributed by atoms with Crippen molar-refractivity contribution >= 4 is 23.4 Å². The van der Waals surface area contributed by atoms with Gasteiger partial charge in [0.15, 0.2) is 18.1 Å². The van der Waals surface area contributed by atoms with Crippen molar-refractivity contribution in [2.45, 2.75) is 10.6 Å². The predicted molar refractivity (Wildman–Crippen MR) is 107 cm³/mol. The van der Waals surface area contributed by atoms with Gasteiger partial charge in [-0.3, -0.25) is 9.78 Å². The van der Waals surface area contributed by atoms with Gasteiger partial charge in [0.2, 0.25) is 0 Å². The summed E-state index contributed by atoms with van der Waals surface area (Å²) >= 11 is 1.68. The molecule has 0 bridgehead atoms. The van der Waals surface area contributed by atoms with Crippen molar-refractivity contribution in [3.63, 3.8) is 0 Å². The van der Waals surface area contributed by atoms with Crippen molar-refractivity contribution in [2.75, 3.05) is 19.0 Å². The van der Waals surface area contributed by atoms with Crippen LogP contribution in [-0.4, -0.2) is 24.6 Å². The maximum Gasteiger partial charge on any atom is 0.262 e. The van der Waals surface area contributed by atoms with Crippen LogP contribution in [0.5, 0.6) is 11.5 Å². The van der Waals surface area contributed by atoms with E-state index in [0.717, 1.165) is 11.4 Å². The van der Waals surface area contributed by atoms with Crippen molar-refractivity contribution in [3.05, 3.63) is 78.6 Å². The first kappa shape index (κ1) is 18.8. The third-order valence-corrected chi connectivity index (χ3v) is 4.70. The molecule has 1 amide bonds. The molecular formula is C21H20N2O3S. The molecule has 138 valence electrons. The third-order valence-electron chi connectivity index (χ3n) is 3.65. The fourth-order valence-electron chi connectivity index (χ4n) is 2.35. The molecule has 0 fully saturated rings. The first-order valence-corrected chi connectivity index (χ1v) is 9.41. The van der Waals surface area contributed by atoms with Gasteiger partial charge in [0.05, 0.1) is 19.0 Å². The standard InChI is InChI=1S/C21H20N2O3S/c1-25-20-13-22-17(15-27-18-10-6-3-7-11-18)12-19(20)26-14-21(24)23-16-8-4-2-5-9-16/h2-13H,14-15H2,1H3,(H,23,24). The second-order valence-electron chi connectivity index (χ2n) is 5.63. The van der Waals surface area contributed by atoms with E-state index in [2.05, 4.69) is 22.4 Å².